The molecule has 12 heavy (non-hydrogen) atoms. The highest BCUT2D eigenvalue weighted by Crippen LogP contribution is 1.85. The Hall–Kier alpha value is -0.120. The Bertz CT molecular complexity index is 96.5. The first kappa shape index (κ1) is 11.9. The predicted molar refractivity (Wildman–Crippen MR) is 52.5 cm³/mol. The normalized spacial score (nSPS) is 13.8. The molecule has 0 amide bonds. The molecule has 74 valence electrons. The van der Waals surface area contributed by atoms with Crippen molar-refractivity contribution in [3.05, 3.63) is 0 Å². The second-order valence-corrected chi connectivity index (χ2v) is 3.33. The molecule has 0 radical (unpaired) electrons. The third-order valence-corrected chi connectivity index (χ3v) is 1.56. The molecule has 0 aromatic heterocycles. The molecule has 2 N–H and O–H groups in total. The lowest BCUT2D eigenvalue weighted by Gasteiger charge is -2.13. The minimum absolute atomic E-state index is 0.339. The van der Waals surface area contributed by atoms with E-state index in [1.165, 1.54) is 0 Å². The van der Waals surface area contributed by atoms with Crippen molar-refractivity contribution in [1.29, 1.82) is 0 Å². The topological polar surface area (TPSA) is 33.3 Å². The first-order valence-corrected chi connectivity index (χ1v) is 4.66. The molecule has 0 saturated carbocycles. The van der Waals surface area contributed by atoms with Gasteiger partial charge in [-0.3, -0.25) is 0 Å². The number of ether oxygens (including phenoxy) is 1. The van der Waals surface area contributed by atoms with Gasteiger partial charge in [0, 0.05) is 19.1 Å². The van der Waals surface area contributed by atoms with E-state index in [0.29, 0.717) is 12.1 Å². The van der Waals surface area contributed by atoms with Crippen LogP contribution in [0.2, 0.25) is 0 Å². The van der Waals surface area contributed by atoms with E-state index in [1.807, 2.05) is 7.05 Å². The SMILES string of the molecule is CNCC(C)NCCOC(C)C. The van der Waals surface area contributed by atoms with E-state index in [-0.39, 0.29) is 0 Å². The summed E-state index contributed by atoms with van der Waals surface area (Å²) in [4.78, 5) is 0. The van der Waals surface area contributed by atoms with Crippen molar-refractivity contribution in [2.75, 3.05) is 26.7 Å². The van der Waals surface area contributed by atoms with Crippen molar-refractivity contribution in [3.63, 3.8) is 0 Å². The standard InChI is InChI=1S/C9H22N2O/c1-8(2)12-6-5-11-9(3)7-10-4/h8-11H,5-7H2,1-4H3. The Kier molecular flexibility index (Phi) is 7.45. The Morgan fingerprint density at radius 2 is 1.92 bits per heavy atom. The largest absolute Gasteiger partial charge is 0.377 e. The van der Waals surface area contributed by atoms with Crippen molar-refractivity contribution >= 4 is 0 Å². The van der Waals surface area contributed by atoms with E-state index < -0.39 is 0 Å². The molecule has 0 aliphatic heterocycles. The minimum Gasteiger partial charge on any atom is -0.377 e. The van der Waals surface area contributed by atoms with Crippen LogP contribution in [0.25, 0.3) is 0 Å². The molecule has 0 bridgehead atoms. The fraction of sp³-hybridized carbons (Fsp3) is 1.00. The smallest absolute Gasteiger partial charge is 0.0594 e. The van der Waals surface area contributed by atoms with E-state index in [2.05, 4.69) is 31.4 Å². The highest BCUT2D eigenvalue weighted by atomic mass is 16.5. The number of likely N-dealkylation sites (N-methyl/N-ethyl adjacent to an activating group) is 1. The van der Waals surface area contributed by atoms with Crippen LogP contribution in [0.1, 0.15) is 20.8 Å². The van der Waals surface area contributed by atoms with E-state index in [0.717, 1.165) is 19.7 Å². The number of nitrogens with one attached hydrogen (secondary N) is 2. The van der Waals surface area contributed by atoms with Crippen molar-refractivity contribution in [1.82, 2.24) is 10.6 Å². The molecule has 1 unspecified atom stereocenters. The zero-order valence-corrected chi connectivity index (χ0v) is 8.68. The van der Waals surface area contributed by atoms with Gasteiger partial charge in [0.15, 0.2) is 0 Å². The Labute approximate surface area is 75.9 Å². The van der Waals surface area contributed by atoms with Crippen LogP contribution in [0.3, 0.4) is 0 Å². The fourth-order valence-electron chi connectivity index (χ4n) is 0.978. The van der Waals surface area contributed by atoms with Crippen LogP contribution in [-0.2, 0) is 4.74 Å². The van der Waals surface area contributed by atoms with Crippen LogP contribution in [0, 0.1) is 0 Å². The summed E-state index contributed by atoms with van der Waals surface area (Å²) in [6.45, 7) is 8.99. The van der Waals surface area contributed by atoms with Crippen LogP contribution in [0.4, 0.5) is 0 Å². The number of rotatable bonds is 7. The molecule has 0 aromatic carbocycles. The van der Waals surface area contributed by atoms with Gasteiger partial charge in [0.1, 0.15) is 0 Å². The minimum atomic E-state index is 0.339. The van der Waals surface area contributed by atoms with Gasteiger partial charge in [0.2, 0.25) is 0 Å². The maximum absolute atomic E-state index is 5.39. The van der Waals surface area contributed by atoms with Gasteiger partial charge in [0.05, 0.1) is 12.7 Å². The average molecular weight is 174 g/mol. The molecule has 0 fully saturated rings. The van der Waals surface area contributed by atoms with Crippen molar-refractivity contribution in [3.8, 4) is 0 Å². The molecule has 0 aliphatic carbocycles. The fourth-order valence-corrected chi connectivity index (χ4v) is 0.978. The summed E-state index contributed by atoms with van der Waals surface area (Å²) < 4.78 is 5.39. The summed E-state index contributed by atoms with van der Waals surface area (Å²) in [5.74, 6) is 0. The van der Waals surface area contributed by atoms with Gasteiger partial charge >= 0.3 is 0 Å². The van der Waals surface area contributed by atoms with Crippen LogP contribution in [0.5, 0.6) is 0 Å². The Morgan fingerprint density at radius 1 is 1.25 bits per heavy atom. The second-order valence-electron chi connectivity index (χ2n) is 3.33. The Morgan fingerprint density at radius 3 is 2.42 bits per heavy atom. The molecule has 0 rings (SSSR count). The van der Waals surface area contributed by atoms with E-state index in [9.17, 15) is 0 Å². The molecule has 0 saturated heterocycles. The highest BCUT2D eigenvalue weighted by Gasteiger charge is 1.98. The lowest BCUT2D eigenvalue weighted by atomic mass is 10.3. The van der Waals surface area contributed by atoms with Crippen molar-refractivity contribution in [2.24, 2.45) is 0 Å². The van der Waals surface area contributed by atoms with Crippen LogP contribution >= 0.6 is 0 Å². The molecule has 3 nitrogen and oxygen atoms in total. The average Bonchev–Trinajstić information content (AvgIpc) is 1.98. The quantitative estimate of drug-likeness (QED) is 0.555. The first-order chi connectivity index (χ1) is 5.66. The summed E-state index contributed by atoms with van der Waals surface area (Å²) in [6, 6.07) is 0.519. The monoisotopic (exact) mass is 174 g/mol. The summed E-state index contributed by atoms with van der Waals surface area (Å²) in [5, 5.41) is 6.47. The molecule has 0 aliphatic rings. The maximum atomic E-state index is 5.39. The molecular formula is C9H22N2O. The van der Waals surface area contributed by atoms with Crippen LogP contribution < -0.4 is 10.6 Å². The second kappa shape index (κ2) is 7.53. The molecule has 1 atom stereocenters. The van der Waals surface area contributed by atoms with Gasteiger partial charge in [-0.05, 0) is 27.8 Å². The molecule has 0 spiro atoms. The summed E-state index contributed by atoms with van der Waals surface area (Å²) in [7, 11) is 1.96. The van der Waals surface area contributed by atoms with Gasteiger partial charge in [-0.1, -0.05) is 0 Å². The summed E-state index contributed by atoms with van der Waals surface area (Å²) >= 11 is 0. The van der Waals surface area contributed by atoms with Crippen LogP contribution in [-0.4, -0.2) is 38.9 Å². The molecule has 0 heterocycles. The van der Waals surface area contributed by atoms with Gasteiger partial charge in [-0.25, -0.2) is 0 Å². The highest BCUT2D eigenvalue weighted by molar-refractivity contribution is 4.61. The van der Waals surface area contributed by atoms with Gasteiger partial charge in [-0.2, -0.15) is 0 Å². The third-order valence-electron chi connectivity index (χ3n) is 1.56. The predicted octanol–water partition coefficient (Wildman–Crippen LogP) is 0.609. The summed E-state index contributed by atoms with van der Waals surface area (Å²) in [6.07, 6.45) is 0.339. The van der Waals surface area contributed by atoms with Gasteiger partial charge in [0.25, 0.3) is 0 Å². The maximum Gasteiger partial charge on any atom is 0.0594 e. The Balaban J connectivity index is 3.08. The van der Waals surface area contributed by atoms with E-state index in [4.69, 9.17) is 4.74 Å². The molecule has 0 aromatic rings. The molecule has 3 heteroatoms. The van der Waals surface area contributed by atoms with E-state index in [1.54, 1.807) is 0 Å². The summed E-state index contributed by atoms with van der Waals surface area (Å²) in [5.41, 5.74) is 0. The van der Waals surface area contributed by atoms with Crippen molar-refractivity contribution in [2.45, 2.75) is 32.9 Å². The zero-order chi connectivity index (χ0) is 9.40. The third kappa shape index (κ3) is 7.98. The number of hydrogen-bond acceptors (Lipinski definition) is 3. The van der Waals surface area contributed by atoms with E-state index >= 15 is 0 Å². The lowest BCUT2D eigenvalue weighted by Crippen LogP contribution is -2.36. The van der Waals surface area contributed by atoms with Crippen LogP contribution in [0.15, 0.2) is 0 Å². The molecular weight excluding hydrogens is 152 g/mol. The lowest BCUT2D eigenvalue weighted by molar-refractivity contribution is 0.0796. The van der Waals surface area contributed by atoms with Gasteiger partial charge < -0.3 is 15.4 Å². The first-order valence-electron chi connectivity index (χ1n) is 4.66. The van der Waals surface area contributed by atoms with Crippen molar-refractivity contribution < 1.29 is 4.74 Å². The van der Waals surface area contributed by atoms with Gasteiger partial charge in [-0.15, -0.1) is 0 Å². The number of hydrogen-bond donors (Lipinski definition) is 2. The zero-order valence-electron chi connectivity index (χ0n) is 8.68.